The van der Waals surface area contributed by atoms with E-state index < -0.39 is 0 Å². The number of aryl methyl sites for hydroxylation is 1. The molecule has 0 spiro atoms. The summed E-state index contributed by atoms with van der Waals surface area (Å²) in [6.45, 7) is 0. The van der Waals surface area contributed by atoms with Crippen LogP contribution >= 0.6 is 38.5 Å². The highest BCUT2D eigenvalue weighted by Gasteiger charge is 2.13. The van der Waals surface area contributed by atoms with Crippen LogP contribution in [0.1, 0.15) is 17.5 Å². The molecule has 0 radical (unpaired) electrons. The Bertz CT molecular complexity index is 294. The van der Waals surface area contributed by atoms with E-state index in [1.807, 2.05) is 0 Å². The van der Waals surface area contributed by atoms with Crippen LogP contribution in [0, 0.1) is 3.57 Å². The molecule has 58 valence electrons. The van der Waals surface area contributed by atoms with Crippen LogP contribution in [0.2, 0.25) is 0 Å². The Morgan fingerprint density at radius 1 is 1.27 bits per heavy atom. The van der Waals surface area contributed by atoms with Gasteiger partial charge in [0.1, 0.15) is 0 Å². The maximum atomic E-state index is 3.51. The lowest BCUT2D eigenvalue weighted by Gasteiger charge is -2.02. The zero-order valence-electron chi connectivity index (χ0n) is 6.03. The first-order chi connectivity index (χ1) is 5.27. The number of hydrogen-bond donors (Lipinski definition) is 0. The van der Waals surface area contributed by atoms with Gasteiger partial charge in [0, 0.05) is 8.04 Å². The van der Waals surface area contributed by atoms with E-state index in [4.69, 9.17) is 0 Å². The van der Waals surface area contributed by atoms with Crippen LogP contribution < -0.4 is 0 Å². The summed E-state index contributed by atoms with van der Waals surface area (Å²) < 4.78 is 2.65. The minimum Gasteiger partial charge on any atom is -0.0508 e. The average molecular weight is 323 g/mol. The average Bonchev–Trinajstić information content (AvgIpc) is 2.34. The van der Waals surface area contributed by atoms with Gasteiger partial charge in [-0.3, -0.25) is 0 Å². The maximum Gasteiger partial charge on any atom is 0.0188 e. The number of halogens is 2. The number of benzene rings is 1. The number of hydrogen-bond acceptors (Lipinski definition) is 0. The fourth-order valence-corrected chi connectivity index (χ4v) is 3.50. The largest absolute Gasteiger partial charge is 0.0508 e. The number of fused-ring (bicyclic) bond motifs is 1. The molecule has 0 saturated carbocycles. The first-order valence-corrected chi connectivity index (χ1v) is 5.61. The second kappa shape index (κ2) is 3.05. The van der Waals surface area contributed by atoms with Gasteiger partial charge in [-0.2, -0.15) is 0 Å². The molecule has 1 aromatic carbocycles. The zero-order chi connectivity index (χ0) is 7.84. The van der Waals surface area contributed by atoms with Gasteiger partial charge >= 0.3 is 0 Å². The third kappa shape index (κ3) is 1.47. The van der Waals surface area contributed by atoms with E-state index in [0.717, 1.165) is 0 Å². The second-order valence-corrected chi connectivity index (χ2v) is 4.96. The SMILES string of the molecule is Brc1cc(I)c2c(c1)CCC2. The lowest BCUT2D eigenvalue weighted by atomic mass is 10.1. The minimum absolute atomic E-state index is 1.22. The van der Waals surface area contributed by atoms with Crippen molar-refractivity contribution in [3.05, 3.63) is 31.3 Å². The Hall–Kier alpha value is 0.430. The molecule has 2 rings (SSSR count). The Morgan fingerprint density at radius 3 is 2.91 bits per heavy atom. The van der Waals surface area contributed by atoms with Crippen molar-refractivity contribution in [2.75, 3.05) is 0 Å². The van der Waals surface area contributed by atoms with E-state index in [0.29, 0.717) is 0 Å². The van der Waals surface area contributed by atoms with Crippen LogP contribution in [0.3, 0.4) is 0 Å². The third-order valence-electron chi connectivity index (χ3n) is 2.13. The molecule has 11 heavy (non-hydrogen) atoms. The molecule has 0 heterocycles. The maximum absolute atomic E-state index is 3.51. The van der Waals surface area contributed by atoms with Gasteiger partial charge in [0.25, 0.3) is 0 Å². The van der Waals surface area contributed by atoms with E-state index in [2.05, 4.69) is 50.7 Å². The van der Waals surface area contributed by atoms with Crippen LogP contribution in [0.15, 0.2) is 16.6 Å². The highest BCUT2D eigenvalue weighted by atomic mass is 127. The molecule has 0 saturated heterocycles. The normalized spacial score (nSPS) is 15.1. The molecular weight excluding hydrogens is 315 g/mol. The topological polar surface area (TPSA) is 0 Å². The molecule has 0 aliphatic heterocycles. The Morgan fingerprint density at radius 2 is 2.09 bits per heavy atom. The van der Waals surface area contributed by atoms with Gasteiger partial charge in [0.15, 0.2) is 0 Å². The predicted octanol–water partition coefficient (Wildman–Crippen LogP) is 3.54. The molecule has 0 bridgehead atoms. The van der Waals surface area contributed by atoms with Crippen molar-refractivity contribution in [2.45, 2.75) is 19.3 Å². The van der Waals surface area contributed by atoms with Crippen LogP contribution in [0.4, 0.5) is 0 Å². The summed E-state index contributed by atoms with van der Waals surface area (Å²) in [6, 6.07) is 4.45. The molecule has 0 aromatic heterocycles. The first-order valence-electron chi connectivity index (χ1n) is 3.74. The zero-order valence-corrected chi connectivity index (χ0v) is 9.78. The van der Waals surface area contributed by atoms with Gasteiger partial charge < -0.3 is 0 Å². The van der Waals surface area contributed by atoms with Gasteiger partial charge in [-0.15, -0.1) is 0 Å². The van der Waals surface area contributed by atoms with Crippen LogP contribution in [-0.4, -0.2) is 0 Å². The van der Waals surface area contributed by atoms with Crippen molar-refractivity contribution in [1.82, 2.24) is 0 Å². The van der Waals surface area contributed by atoms with Crippen LogP contribution in [0.25, 0.3) is 0 Å². The third-order valence-corrected chi connectivity index (χ3v) is 3.55. The van der Waals surface area contributed by atoms with Gasteiger partial charge in [-0.1, -0.05) is 15.9 Å². The molecule has 0 fully saturated rings. The van der Waals surface area contributed by atoms with Gasteiger partial charge in [0.05, 0.1) is 0 Å². The van der Waals surface area contributed by atoms with E-state index >= 15 is 0 Å². The molecule has 0 unspecified atom stereocenters. The second-order valence-electron chi connectivity index (χ2n) is 2.88. The summed E-state index contributed by atoms with van der Waals surface area (Å²) in [5.74, 6) is 0. The fourth-order valence-electron chi connectivity index (χ4n) is 1.62. The van der Waals surface area contributed by atoms with E-state index in [1.165, 1.54) is 27.3 Å². The molecule has 0 nitrogen and oxygen atoms in total. The molecule has 2 heteroatoms. The molecular formula is C9H8BrI. The quantitative estimate of drug-likeness (QED) is 0.641. The minimum atomic E-state index is 1.22. The summed E-state index contributed by atoms with van der Waals surface area (Å²) in [6.07, 6.45) is 3.88. The van der Waals surface area contributed by atoms with Crippen LogP contribution in [0.5, 0.6) is 0 Å². The Labute approximate surface area is 88.6 Å². The lowest BCUT2D eigenvalue weighted by molar-refractivity contribution is 0.910. The standard InChI is InChI=1S/C9H8BrI/c10-7-4-6-2-1-3-8(6)9(11)5-7/h4-5H,1-3H2. The molecule has 1 aromatic rings. The van der Waals surface area contributed by atoms with Gasteiger partial charge in [-0.05, 0) is 65.1 Å². The predicted molar refractivity (Wildman–Crippen MR) is 58.9 cm³/mol. The van der Waals surface area contributed by atoms with Crippen molar-refractivity contribution < 1.29 is 0 Å². The number of rotatable bonds is 0. The summed E-state index contributed by atoms with van der Waals surface area (Å²) >= 11 is 5.93. The van der Waals surface area contributed by atoms with Crippen molar-refractivity contribution in [3.8, 4) is 0 Å². The first kappa shape index (κ1) is 8.05. The monoisotopic (exact) mass is 322 g/mol. The molecule has 1 aliphatic carbocycles. The summed E-state index contributed by atoms with van der Waals surface area (Å²) in [5, 5.41) is 0. The molecule has 0 atom stereocenters. The van der Waals surface area contributed by atoms with Crippen molar-refractivity contribution in [3.63, 3.8) is 0 Å². The molecule has 0 N–H and O–H groups in total. The summed E-state index contributed by atoms with van der Waals surface area (Å²) in [4.78, 5) is 0. The summed E-state index contributed by atoms with van der Waals surface area (Å²) in [7, 11) is 0. The van der Waals surface area contributed by atoms with E-state index in [1.54, 1.807) is 11.1 Å². The van der Waals surface area contributed by atoms with Crippen molar-refractivity contribution in [1.29, 1.82) is 0 Å². The van der Waals surface area contributed by atoms with Crippen molar-refractivity contribution >= 4 is 38.5 Å². The highest BCUT2D eigenvalue weighted by molar-refractivity contribution is 14.1. The molecule has 0 amide bonds. The lowest BCUT2D eigenvalue weighted by Crippen LogP contribution is -1.86. The van der Waals surface area contributed by atoms with Crippen LogP contribution in [-0.2, 0) is 12.8 Å². The molecule has 1 aliphatic rings. The van der Waals surface area contributed by atoms with Gasteiger partial charge in [-0.25, -0.2) is 0 Å². The van der Waals surface area contributed by atoms with E-state index in [9.17, 15) is 0 Å². The summed E-state index contributed by atoms with van der Waals surface area (Å²) in [5.41, 5.74) is 3.12. The smallest absolute Gasteiger partial charge is 0.0188 e. The fraction of sp³-hybridized carbons (Fsp3) is 0.333. The highest BCUT2D eigenvalue weighted by Crippen LogP contribution is 2.29. The Balaban J connectivity index is 2.60. The Kier molecular flexibility index (Phi) is 2.23. The van der Waals surface area contributed by atoms with Crippen molar-refractivity contribution in [2.24, 2.45) is 0 Å². The van der Waals surface area contributed by atoms with E-state index in [-0.39, 0.29) is 0 Å². The van der Waals surface area contributed by atoms with Gasteiger partial charge in [0.2, 0.25) is 0 Å².